The van der Waals surface area contributed by atoms with Crippen LogP contribution in [-0.4, -0.2) is 13.0 Å². The minimum absolute atomic E-state index is 0.139. The van der Waals surface area contributed by atoms with Crippen molar-refractivity contribution in [3.8, 4) is 0 Å². The van der Waals surface area contributed by atoms with Crippen LogP contribution in [0.15, 0.2) is 59.8 Å². The minimum Gasteiger partial charge on any atom is -0.744 e. The lowest BCUT2D eigenvalue weighted by Gasteiger charge is -2.08. The van der Waals surface area contributed by atoms with Crippen molar-refractivity contribution in [1.82, 2.24) is 0 Å². The first-order chi connectivity index (χ1) is 9.95. The molecule has 2 rings (SSSR count). The van der Waals surface area contributed by atoms with Gasteiger partial charge in [-0.05, 0) is 18.6 Å². The second-order valence-electron chi connectivity index (χ2n) is 4.69. The maximum Gasteiger partial charge on any atom is 0.168 e. The van der Waals surface area contributed by atoms with Crippen LogP contribution >= 0.6 is 0 Å². The maximum absolute atomic E-state index is 10.5. The highest BCUT2D eigenvalue weighted by Gasteiger charge is 2.02. The fourth-order valence-corrected chi connectivity index (χ4v) is 2.47. The van der Waals surface area contributed by atoms with E-state index in [9.17, 15) is 13.0 Å². The fourth-order valence-electron chi connectivity index (χ4n) is 1.76. The molecule has 0 amide bonds. The molecule has 0 bridgehead atoms. The second kappa shape index (κ2) is 8.54. The van der Waals surface area contributed by atoms with Gasteiger partial charge >= 0.3 is 0 Å². The summed E-state index contributed by atoms with van der Waals surface area (Å²) in [5, 5.41) is 0. The Morgan fingerprint density at radius 3 is 2.14 bits per heavy atom. The molecule has 0 saturated carbocycles. The zero-order chi connectivity index (χ0) is 15.7. The lowest BCUT2D eigenvalue weighted by atomic mass is 10.2. The molecule has 0 fully saturated rings. The molecule has 4 nitrogen and oxygen atoms in total. The Morgan fingerprint density at radius 2 is 1.67 bits per heavy atom. The van der Waals surface area contributed by atoms with Crippen LogP contribution in [0, 0.1) is 6.92 Å². The molecule has 0 aliphatic heterocycles. The molecule has 2 aromatic rings. The molecule has 0 aliphatic rings. The van der Waals surface area contributed by atoms with Crippen molar-refractivity contribution in [3.63, 3.8) is 0 Å². The Kier molecular flexibility index (Phi) is 7.05. The maximum atomic E-state index is 10.5. The van der Waals surface area contributed by atoms with Crippen molar-refractivity contribution >= 4 is 10.1 Å². The molecule has 1 aromatic heterocycles. The number of unbranched alkanes of at least 4 members (excludes halogenated alkanes) is 1. The predicted molar refractivity (Wildman–Crippen MR) is 80.7 cm³/mol. The summed E-state index contributed by atoms with van der Waals surface area (Å²) in [4.78, 5) is -0.139. The number of hydrogen-bond acceptors (Lipinski definition) is 3. The molecule has 1 heterocycles. The number of rotatable bonds is 4. The first-order valence-corrected chi connectivity index (χ1v) is 8.31. The van der Waals surface area contributed by atoms with Gasteiger partial charge in [-0.2, -0.15) is 0 Å². The van der Waals surface area contributed by atoms with E-state index in [0.717, 1.165) is 6.54 Å². The van der Waals surface area contributed by atoms with Crippen molar-refractivity contribution in [2.75, 3.05) is 0 Å². The van der Waals surface area contributed by atoms with Crippen LogP contribution < -0.4 is 4.57 Å². The van der Waals surface area contributed by atoms with E-state index in [4.69, 9.17) is 0 Å². The highest BCUT2D eigenvalue weighted by Crippen LogP contribution is 2.12. The summed E-state index contributed by atoms with van der Waals surface area (Å²) in [6, 6.07) is 12.3. The lowest BCUT2D eigenvalue weighted by molar-refractivity contribution is -0.697. The molecule has 114 valence electrons. The molecule has 1 aromatic carbocycles. The van der Waals surface area contributed by atoms with Gasteiger partial charge in [0, 0.05) is 18.6 Å². The quantitative estimate of drug-likeness (QED) is 0.644. The average Bonchev–Trinajstić information content (AvgIpc) is 2.46. The zero-order valence-corrected chi connectivity index (χ0v) is 13.2. The topological polar surface area (TPSA) is 61.1 Å². The van der Waals surface area contributed by atoms with Crippen LogP contribution in [0.25, 0.3) is 0 Å². The molecule has 0 aliphatic carbocycles. The summed E-state index contributed by atoms with van der Waals surface area (Å²) in [5.74, 6) is 0. The van der Waals surface area contributed by atoms with Gasteiger partial charge in [-0.25, -0.2) is 13.0 Å². The Balaban J connectivity index is 0.000000211. The Labute approximate surface area is 126 Å². The van der Waals surface area contributed by atoms with E-state index in [1.165, 1.54) is 25.0 Å². The standard InChI is InChI=1S/C9H14N.C7H8O3S/c1-2-3-7-10-8-5-4-6-9-10;1-6-4-2-3-5-7(6)11(8,9)10/h4-6,8-9H,2-3,7H2,1H3;2-5H,1H3,(H,8,9,10)/q+1;/p-1. The summed E-state index contributed by atoms with van der Waals surface area (Å²) in [7, 11) is -4.28. The summed E-state index contributed by atoms with van der Waals surface area (Å²) >= 11 is 0. The van der Waals surface area contributed by atoms with Gasteiger partial charge in [0.2, 0.25) is 0 Å². The monoisotopic (exact) mass is 307 g/mol. The third-order valence-electron chi connectivity index (χ3n) is 2.91. The number of aryl methyl sites for hydroxylation is 2. The van der Waals surface area contributed by atoms with Crippen molar-refractivity contribution < 1.29 is 17.5 Å². The van der Waals surface area contributed by atoms with Crippen LogP contribution in [0.1, 0.15) is 25.3 Å². The van der Waals surface area contributed by atoms with Crippen LogP contribution in [0.2, 0.25) is 0 Å². The van der Waals surface area contributed by atoms with E-state index in [2.05, 4.69) is 36.0 Å². The van der Waals surface area contributed by atoms with Crippen molar-refractivity contribution in [1.29, 1.82) is 0 Å². The van der Waals surface area contributed by atoms with Crippen LogP contribution in [-0.2, 0) is 16.7 Å². The van der Waals surface area contributed by atoms with Gasteiger partial charge in [0.15, 0.2) is 12.4 Å². The van der Waals surface area contributed by atoms with Gasteiger partial charge in [0.1, 0.15) is 16.7 Å². The predicted octanol–water partition coefficient (Wildman–Crippen LogP) is 2.67. The summed E-state index contributed by atoms with van der Waals surface area (Å²) in [5.41, 5.74) is 0.488. The molecule has 0 unspecified atom stereocenters. The molecular weight excluding hydrogens is 286 g/mol. The average molecular weight is 307 g/mol. The van der Waals surface area contributed by atoms with E-state index in [-0.39, 0.29) is 4.90 Å². The molecule has 0 saturated heterocycles. The minimum atomic E-state index is -4.28. The third kappa shape index (κ3) is 6.51. The van der Waals surface area contributed by atoms with Crippen LogP contribution in [0.3, 0.4) is 0 Å². The van der Waals surface area contributed by atoms with Gasteiger partial charge in [0.05, 0.1) is 4.90 Å². The fraction of sp³-hybridized carbons (Fsp3) is 0.312. The Morgan fingerprint density at radius 1 is 1.05 bits per heavy atom. The molecule has 0 spiro atoms. The number of nitrogens with zero attached hydrogens (tertiary/aromatic N) is 1. The largest absolute Gasteiger partial charge is 0.744 e. The molecule has 5 heteroatoms. The third-order valence-corrected chi connectivity index (χ3v) is 3.91. The van der Waals surface area contributed by atoms with Gasteiger partial charge < -0.3 is 4.55 Å². The van der Waals surface area contributed by atoms with E-state index in [1.807, 2.05) is 6.07 Å². The molecule has 0 N–H and O–H groups in total. The summed E-state index contributed by atoms with van der Waals surface area (Å²) in [6.45, 7) is 4.95. The number of aromatic nitrogens is 1. The molecular formula is C16H21NO3S. The highest BCUT2D eigenvalue weighted by molar-refractivity contribution is 7.85. The van der Waals surface area contributed by atoms with Crippen LogP contribution in [0.4, 0.5) is 0 Å². The molecule has 0 radical (unpaired) electrons. The van der Waals surface area contributed by atoms with Crippen molar-refractivity contribution in [2.45, 2.75) is 38.1 Å². The van der Waals surface area contributed by atoms with Crippen molar-refractivity contribution in [2.24, 2.45) is 0 Å². The van der Waals surface area contributed by atoms with Crippen LogP contribution in [0.5, 0.6) is 0 Å². The summed E-state index contributed by atoms with van der Waals surface area (Å²) < 4.78 is 33.7. The SMILES string of the molecule is CCCC[n+]1ccccc1.Cc1ccccc1S(=O)(=O)[O-]. The highest BCUT2D eigenvalue weighted by atomic mass is 32.2. The Bertz CT molecular complexity index is 640. The van der Waals surface area contributed by atoms with Crippen molar-refractivity contribution in [3.05, 3.63) is 60.4 Å². The normalized spacial score (nSPS) is 10.6. The smallest absolute Gasteiger partial charge is 0.168 e. The molecule has 21 heavy (non-hydrogen) atoms. The second-order valence-corrected chi connectivity index (χ2v) is 6.03. The van der Waals surface area contributed by atoms with E-state index < -0.39 is 10.1 Å². The van der Waals surface area contributed by atoms with Gasteiger partial charge in [0.25, 0.3) is 0 Å². The number of hydrogen-bond donors (Lipinski definition) is 0. The first-order valence-electron chi connectivity index (χ1n) is 6.90. The van der Waals surface area contributed by atoms with Gasteiger partial charge in [-0.3, -0.25) is 0 Å². The van der Waals surface area contributed by atoms with Gasteiger partial charge in [-0.1, -0.05) is 37.6 Å². The van der Waals surface area contributed by atoms with E-state index in [0.29, 0.717) is 5.56 Å². The summed E-state index contributed by atoms with van der Waals surface area (Å²) in [6.07, 6.45) is 6.75. The van der Waals surface area contributed by atoms with Gasteiger partial charge in [-0.15, -0.1) is 0 Å². The zero-order valence-electron chi connectivity index (χ0n) is 12.4. The number of benzene rings is 1. The first kappa shape index (κ1) is 17.3. The van der Waals surface area contributed by atoms with E-state index >= 15 is 0 Å². The Hall–Kier alpha value is -1.72. The lowest BCUT2D eigenvalue weighted by Crippen LogP contribution is -2.31. The van der Waals surface area contributed by atoms with E-state index in [1.54, 1.807) is 19.1 Å². The molecule has 0 atom stereocenters. The number of pyridine rings is 1.